The van der Waals surface area contributed by atoms with Crippen LogP contribution in [0, 0.1) is 18.8 Å². The third kappa shape index (κ3) is 4.38. The van der Waals surface area contributed by atoms with E-state index in [0.717, 1.165) is 29.8 Å². The molecule has 0 unspecified atom stereocenters. The molecule has 4 amide bonds. The van der Waals surface area contributed by atoms with Crippen molar-refractivity contribution in [3.63, 3.8) is 0 Å². The largest absolute Gasteiger partial charge is 0.343 e. The highest BCUT2D eigenvalue weighted by molar-refractivity contribution is 7.09. The fourth-order valence-corrected chi connectivity index (χ4v) is 5.40. The van der Waals surface area contributed by atoms with Crippen LogP contribution in [-0.2, 0) is 16.0 Å². The molecule has 3 rings (SSSR count). The number of imide groups is 1. The number of thiazole rings is 1. The summed E-state index contributed by atoms with van der Waals surface area (Å²) in [6.45, 7) is 9.81. The van der Waals surface area contributed by atoms with E-state index < -0.39 is 5.54 Å². The predicted octanol–water partition coefficient (Wildman–Crippen LogP) is 3.37. The van der Waals surface area contributed by atoms with Gasteiger partial charge in [0.2, 0.25) is 5.91 Å². The summed E-state index contributed by atoms with van der Waals surface area (Å²) >= 11 is 1.56. The number of urea groups is 1. The number of hydrogen-bond donors (Lipinski definition) is 1. The summed E-state index contributed by atoms with van der Waals surface area (Å²) in [6.07, 6.45) is 4.28. The molecule has 1 aromatic heterocycles. The second kappa shape index (κ2) is 9.45. The maximum absolute atomic E-state index is 13.4. The standard InChI is InChI=1S/C22H34N4O3S/c1-5-15(3)13-19(27)25-10-7-17(8-11-25)22(6-2)20(28)26(21(29)24-22)12-9-18-16(4)23-14-30-18/h14-15,17H,5-13H2,1-4H3,(H,24,29)/t15-,22+/m0/s1. The minimum atomic E-state index is -0.842. The van der Waals surface area contributed by atoms with Crippen molar-refractivity contribution >= 4 is 29.2 Å². The summed E-state index contributed by atoms with van der Waals surface area (Å²) in [5, 5.41) is 3.04. The van der Waals surface area contributed by atoms with Gasteiger partial charge in [0.05, 0.1) is 11.2 Å². The smallest absolute Gasteiger partial charge is 0.325 e. The molecule has 1 aromatic rings. The molecule has 0 radical (unpaired) electrons. The lowest BCUT2D eigenvalue weighted by atomic mass is 9.75. The van der Waals surface area contributed by atoms with Gasteiger partial charge in [0, 0.05) is 37.4 Å². The molecule has 0 saturated carbocycles. The van der Waals surface area contributed by atoms with Gasteiger partial charge in [-0.1, -0.05) is 27.2 Å². The zero-order valence-corrected chi connectivity index (χ0v) is 19.4. The normalized spacial score (nSPS) is 23.7. The van der Waals surface area contributed by atoms with E-state index in [4.69, 9.17) is 0 Å². The van der Waals surface area contributed by atoms with Gasteiger partial charge >= 0.3 is 6.03 Å². The summed E-state index contributed by atoms with van der Waals surface area (Å²) < 4.78 is 0. The second-order valence-corrected chi connectivity index (χ2v) is 9.63. The van der Waals surface area contributed by atoms with E-state index in [1.54, 1.807) is 16.8 Å². The Balaban J connectivity index is 1.63. The van der Waals surface area contributed by atoms with Crippen molar-refractivity contribution in [3.8, 4) is 0 Å². The lowest BCUT2D eigenvalue weighted by Gasteiger charge is -2.40. The Hall–Kier alpha value is -1.96. The number of aromatic nitrogens is 1. The van der Waals surface area contributed by atoms with E-state index in [2.05, 4.69) is 24.1 Å². The molecule has 2 aliphatic heterocycles. The van der Waals surface area contributed by atoms with Gasteiger partial charge in [0.1, 0.15) is 5.54 Å². The first kappa shape index (κ1) is 22.7. The summed E-state index contributed by atoms with van der Waals surface area (Å²) in [7, 11) is 0. The predicted molar refractivity (Wildman–Crippen MR) is 117 cm³/mol. The zero-order valence-electron chi connectivity index (χ0n) is 18.6. The van der Waals surface area contributed by atoms with Crippen molar-refractivity contribution in [2.24, 2.45) is 11.8 Å². The van der Waals surface area contributed by atoms with Crippen LogP contribution >= 0.6 is 11.3 Å². The SMILES string of the molecule is CC[C@H](C)CC(=O)N1CCC([C@@]2(CC)NC(=O)N(CCc3scnc3C)C2=O)CC1. The summed E-state index contributed by atoms with van der Waals surface area (Å²) in [5.41, 5.74) is 1.91. The van der Waals surface area contributed by atoms with Gasteiger partial charge in [-0.25, -0.2) is 9.78 Å². The maximum Gasteiger partial charge on any atom is 0.325 e. The first-order chi connectivity index (χ1) is 14.3. The van der Waals surface area contributed by atoms with Gasteiger partial charge in [0.15, 0.2) is 0 Å². The van der Waals surface area contributed by atoms with Gasteiger partial charge in [-0.15, -0.1) is 11.3 Å². The first-order valence-electron chi connectivity index (χ1n) is 11.1. The number of nitrogens with one attached hydrogen (secondary N) is 1. The highest BCUT2D eigenvalue weighted by Crippen LogP contribution is 2.36. The van der Waals surface area contributed by atoms with Crippen LogP contribution in [0.4, 0.5) is 4.79 Å². The van der Waals surface area contributed by atoms with Crippen LogP contribution in [-0.4, -0.2) is 57.8 Å². The van der Waals surface area contributed by atoms with E-state index in [-0.39, 0.29) is 23.8 Å². The Morgan fingerprint density at radius 1 is 1.33 bits per heavy atom. The Bertz CT molecular complexity index is 787. The summed E-state index contributed by atoms with van der Waals surface area (Å²) in [6, 6.07) is -0.292. The number of aryl methyl sites for hydroxylation is 1. The minimum Gasteiger partial charge on any atom is -0.343 e. The monoisotopic (exact) mass is 434 g/mol. The van der Waals surface area contributed by atoms with Crippen LogP contribution in [0.25, 0.3) is 0 Å². The number of nitrogens with zero attached hydrogens (tertiary/aromatic N) is 3. The molecule has 166 valence electrons. The Kier molecular flexibility index (Phi) is 7.16. The molecule has 1 N–H and O–H groups in total. The molecule has 0 aromatic carbocycles. The molecular weight excluding hydrogens is 400 g/mol. The molecule has 2 atom stereocenters. The number of carbonyl (C=O) groups is 3. The van der Waals surface area contributed by atoms with Crippen molar-refractivity contribution in [2.45, 2.75) is 71.8 Å². The van der Waals surface area contributed by atoms with E-state index in [1.807, 2.05) is 18.7 Å². The van der Waals surface area contributed by atoms with Gasteiger partial charge in [0.25, 0.3) is 5.91 Å². The van der Waals surface area contributed by atoms with Crippen molar-refractivity contribution < 1.29 is 14.4 Å². The molecule has 0 spiro atoms. The van der Waals surface area contributed by atoms with E-state index in [9.17, 15) is 14.4 Å². The van der Waals surface area contributed by atoms with Gasteiger partial charge in [-0.2, -0.15) is 0 Å². The van der Waals surface area contributed by atoms with Crippen LogP contribution in [0.1, 0.15) is 63.4 Å². The topological polar surface area (TPSA) is 82.6 Å². The summed E-state index contributed by atoms with van der Waals surface area (Å²) in [4.78, 5) is 47.2. The molecular formula is C22H34N4O3S. The van der Waals surface area contributed by atoms with Crippen LogP contribution in [0.5, 0.6) is 0 Å². The van der Waals surface area contributed by atoms with E-state index in [1.165, 1.54) is 4.90 Å². The minimum absolute atomic E-state index is 0.0572. The average Bonchev–Trinajstić information content (AvgIpc) is 3.26. The first-order valence-corrected chi connectivity index (χ1v) is 12.0. The van der Waals surface area contributed by atoms with Crippen LogP contribution in [0.15, 0.2) is 5.51 Å². The van der Waals surface area contributed by atoms with Crippen molar-refractivity contribution in [2.75, 3.05) is 19.6 Å². The highest BCUT2D eigenvalue weighted by Gasteiger charge is 2.54. The van der Waals surface area contributed by atoms with Gasteiger partial charge < -0.3 is 10.2 Å². The number of carbonyl (C=O) groups excluding carboxylic acids is 3. The quantitative estimate of drug-likeness (QED) is 0.636. The number of hydrogen-bond acceptors (Lipinski definition) is 5. The number of likely N-dealkylation sites (tertiary alicyclic amines) is 1. The molecule has 8 heteroatoms. The Labute approximate surface area is 183 Å². The maximum atomic E-state index is 13.4. The van der Waals surface area contributed by atoms with Gasteiger partial charge in [-0.3, -0.25) is 14.5 Å². The molecule has 7 nitrogen and oxygen atoms in total. The Morgan fingerprint density at radius 3 is 2.60 bits per heavy atom. The molecule has 2 saturated heterocycles. The molecule has 0 bridgehead atoms. The summed E-state index contributed by atoms with van der Waals surface area (Å²) in [5.74, 6) is 0.545. The Morgan fingerprint density at radius 2 is 2.03 bits per heavy atom. The van der Waals surface area contributed by atoms with Crippen molar-refractivity contribution in [3.05, 3.63) is 16.1 Å². The molecule has 2 aliphatic rings. The number of rotatable bonds is 8. The number of piperidine rings is 1. The third-order valence-electron chi connectivity index (χ3n) is 6.93. The lowest BCUT2D eigenvalue weighted by molar-refractivity contribution is -0.136. The highest BCUT2D eigenvalue weighted by atomic mass is 32.1. The average molecular weight is 435 g/mol. The molecule has 3 heterocycles. The van der Waals surface area contributed by atoms with Crippen LogP contribution in [0.3, 0.4) is 0 Å². The van der Waals surface area contributed by atoms with Crippen LogP contribution in [0.2, 0.25) is 0 Å². The zero-order chi connectivity index (χ0) is 21.9. The molecule has 0 aliphatic carbocycles. The van der Waals surface area contributed by atoms with Crippen molar-refractivity contribution in [1.82, 2.24) is 20.1 Å². The fourth-order valence-electron chi connectivity index (χ4n) is 4.63. The molecule has 2 fully saturated rings. The van der Waals surface area contributed by atoms with Crippen LogP contribution < -0.4 is 5.32 Å². The van der Waals surface area contributed by atoms with Gasteiger partial charge in [-0.05, 0) is 38.0 Å². The fraction of sp³-hybridized carbons (Fsp3) is 0.727. The van der Waals surface area contributed by atoms with Crippen molar-refractivity contribution in [1.29, 1.82) is 0 Å². The van der Waals surface area contributed by atoms with E-state index >= 15 is 0 Å². The second-order valence-electron chi connectivity index (χ2n) is 8.70. The number of amides is 4. The lowest BCUT2D eigenvalue weighted by Crippen LogP contribution is -2.56. The molecule has 30 heavy (non-hydrogen) atoms. The third-order valence-corrected chi connectivity index (χ3v) is 7.93. The van der Waals surface area contributed by atoms with E-state index in [0.29, 0.717) is 44.8 Å².